The molecular formula is C16H29NO2. The smallest absolute Gasteiger partial charge is 0.145 e. The van der Waals surface area contributed by atoms with Gasteiger partial charge in [0.25, 0.3) is 0 Å². The van der Waals surface area contributed by atoms with Crippen molar-refractivity contribution in [3.05, 3.63) is 0 Å². The molecule has 0 aromatic heterocycles. The van der Waals surface area contributed by atoms with Crippen LogP contribution in [-0.4, -0.2) is 43.5 Å². The molecule has 2 fully saturated rings. The van der Waals surface area contributed by atoms with Crippen molar-refractivity contribution in [3.8, 4) is 0 Å². The second-order valence-electron chi connectivity index (χ2n) is 7.31. The van der Waals surface area contributed by atoms with Crippen LogP contribution in [0.25, 0.3) is 0 Å². The molecule has 0 unspecified atom stereocenters. The quantitative estimate of drug-likeness (QED) is 0.787. The Morgan fingerprint density at radius 3 is 2.21 bits per heavy atom. The van der Waals surface area contributed by atoms with Crippen LogP contribution in [0.15, 0.2) is 0 Å². The van der Waals surface area contributed by atoms with Crippen LogP contribution in [0.5, 0.6) is 0 Å². The fourth-order valence-corrected chi connectivity index (χ4v) is 3.67. The molecule has 3 heteroatoms. The van der Waals surface area contributed by atoms with Gasteiger partial charge in [-0.3, -0.25) is 9.69 Å². The highest BCUT2D eigenvalue weighted by atomic mass is 16.5. The van der Waals surface area contributed by atoms with Crippen LogP contribution in [0.3, 0.4) is 0 Å². The largest absolute Gasteiger partial charge is 0.379 e. The Bertz CT molecular complexity index is 307. The van der Waals surface area contributed by atoms with E-state index >= 15 is 0 Å². The summed E-state index contributed by atoms with van der Waals surface area (Å²) in [4.78, 5) is 15.4. The van der Waals surface area contributed by atoms with Crippen molar-refractivity contribution in [3.63, 3.8) is 0 Å². The number of ketones is 1. The molecule has 0 N–H and O–H groups in total. The van der Waals surface area contributed by atoms with E-state index in [0.717, 1.165) is 45.7 Å². The first-order valence-electron chi connectivity index (χ1n) is 7.79. The van der Waals surface area contributed by atoms with Gasteiger partial charge in [-0.15, -0.1) is 0 Å². The van der Waals surface area contributed by atoms with E-state index in [1.165, 1.54) is 19.3 Å². The van der Waals surface area contributed by atoms with Gasteiger partial charge < -0.3 is 4.74 Å². The molecule has 0 atom stereocenters. The molecule has 1 saturated carbocycles. The van der Waals surface area contributed by atoms with Crippen LogP contribution in [0.2, 0.25) is 0 Å². The van der Waals surface area contributed by atoms with Crippen LogP contribution in [0.4, 0.5) is 0 Å². The maximum Gasteiger partial charge on any atom is 0.145 e. The van der Waals surface area contributed by atoms with Crippen molar-refractivity contribution < 1.29 is 9.53 Å². The van der Waals surface area contributed by atoms with Crippen LogP contribution < -0.4 is 0 Å². The topological polar surface area (TPSA) is 29.5 Å². The number of rotatable bonds is 3. The van der Waals surface area contributed by atoms with E-state index in [-0.39, 0.29) is 10.8 Å². The molecule has 2 rings (SSSR count). The standard InChI is InChI=1S/C16H29NO2/c1-15(2,3)14(18)16(7-5-4-6-8-16)13-17-9-11-19-12-10-17/h4-13H2,1-3H3. The molecule has 0 aromatic carbocycles. The third-order valence-corrected chi connectivity index (χ3v) is 4.60. The Morgan fingerprint density at radius 2 is 1.68 bits per heavy atom. The number of hydrogen-bond donors (Lipinski definition) is 0. The number of carbonyl (C=O) groups excluding carboxylic acids is 1. The zero-order valence-corrected chi connectivity index (χ0v) is 12.8. The van der Waals surface area contributed by atoms with Crippen molar-refractivity contribution in [1.29, 1.82) is 0 Å². The number of nitrogens with zero attached hydrogens (tertiary/aromatic N) is 1. The number of morpholine rings is 1. The van der Waals surface area contributed by atoms with E-state index in [4.69, 9.17) is 4.74 Å². The highest BCUT2D eigenvalue weighted by Gasteiger charge is 2.45. The van der Waals surface area contributed by atoms with E-state index in [9.17, 15) is 4.79 Å². The summed E-state index contributed by atoms with van der Waals surface area (Å²) < 4.78 is 5.42. The average Bonchev–Trinajstić information content (AvgIpc) is 2.39. The summed E-state index contributed by atoms with van der Waals surface area (Å²) in [6.07, 6.45) is 5.89. The van der Waals surface area contributed by atoms with Gasteiger partial charge in [0.1, 0.15) is 5.78 Å². The molecule has 3 nitrogen and oxygen atoms in total. The SMILES string of the molecule is CC(C)(C)C(=O)C1(CN2CCOCC2)CCCCC1. The van der Waals surface area contributed by atoms with E-state index < -0.39 is 0 Å². The Morgan fingerprint density at radius 1 is 1.11 bits per heavy atom. The van der Waals surface area contributed by atoms with Gasteiger partial charge >= 0.3 is 0 Å². The summed E-state index contributed by atoms with van der Waals surface area (Å²) in [5.41, 5.74) is -0.308. The normalized spacial score (nSPS) is 25.2. The van der Waals surface area contributed by atoms with E-state index in [0.29, 0.717) is 5.78 Å². The predicted octanol–water partition coefficient (Wildman–Crippen LogP) is 2.88. The zero-order valence-electron chi connectivity index (χ0n) is 12.8. The van der Waals surface area contributed by atoms with Crippen molar-refractivity contribution >= 4 is 5.78 Å². The lowest BCUT2D eigenvalue weighted by molar-refractivity contribution is -0.141. The Labute approximate surface area is 117 Å². The fourth-order valence-electron chi connectivity index (χ4n) is 3.67. The van der Waals surface area contributed by atoms with Crippen LogP contribution >= 0.6 is 0 Å². The number of carbonyl (C=O) groups is 1. The minimum absolute atomic E-state index is 0.0894. The summed E-state index contributed by atoms with van der Waals surface area (Å²) in [6.45, 7) is 10.8. The summed E-state index contributed by atoms with van der Waals surface area (Å²) in [5.74, 6) is 0.478. The lowest BCUT2D eigenvalue weighted by atomic mass is 9.64. The summed E-state index contributed by atoms with van der Waals surface area (Å²) in [7, 11) is 0. The highest BCUT2D eigenvalue weighted by Crippen LogP contribution is 2.42. The summed E-state index contributed by atoms with van der Waals surface area (Å²) in [5, 5.41) is 0. The lowest BCUT2D eigenvalue weighted by Crippen LogP contribution is -2.51. The lowest BCUT2D eigenvalue weighted by Gasteiger charge is -2.44. The summed E-state index contributed by atoms with van der Waals surface area (Å²) in [6, 6.07) is 0. The van der Waals surface area contributed by atoms with Gasteiger partial charge in [0.15, 0.2) is 0 Å². The molecule has 0 bridgehead atoms. The van der Waals surface area contributed by atoms with Gasteiger partial charge in [-0.25, -0.2) is 0 Å². The first-order valence-corrected chi connectivity index (χ1v) is 7.79. The molecule has 1 saturated heterocycles. The van der Waals surface area contributed by atoms with Crippen molar-refractivity contribution in [1.82, 2.24) is 4.90 Å². The van der Waals surface area contributed by atoms with Crippen LogP contribution in [-0.2, 0) is 9.53 Å². The van der Waals surface area contributed by atoms with E-state index in [1.807, 2.05) is 0 Å². The third-order valence-electron chi connectivity index (χ3n) is 4.60. The molecule has 1 aliphatic carbocycles. The van der Waals surface area contributed by atoms with Crippen molar-refractivity contribution in [2.45, 2.75) is 52.9 Å². The number of ether oxygens (including phenoxy) is 1. The predicted molar refractivity (Wildman–Crippen MR) is 77.2 cm³/mol. The van der Waals surface area contributed by atoms with Crippen molar-refractivity contribution in [2.24, 2.45) is 10.8 Å². The monoisotopic (exact) mass is 267 g/mol. The molecule has 1 heterocycles. The van der Waals surface area contributed by atoms with Gasteiger partial charge in [0.05, 0.1) is 13.2 Å². The third kappa shape index (κ3) is 3.57. The average molecular weight is 267 g/mol. The molecule has 0 amide bonds. The molecule has 19 heavy (non-hydrogen) atoms. The number of Topliss-reactive ketones (excluding diaryl/α,β-unsaturated/α-hetero) is 1. The zero-order chi connectivity index (χ0) is 13.9. The Hall–Kier alpha value is -0.410. The molecule has 1 aliphatic heterocycles. The van der Waals surface area contributed by atoms with Gasteiger partial charge in [-0.1, -0.05) is 40.0 Å². The number of hydrogen-bond acceptors (Lipinski definition) is 3. The summed E-state index contributed by atoms with van der Waals surface area (Å²) >= 11 is 0. The molecule has 0 radical (unpaired) electrons. The first-order chi connectivity index (χ1) is 8.94. The fraction of sp³-hybridized carbons (Fsp3) is 0.938. The van der Waals surface area contributed by atoms with Gasteiger partial charge in [-0.2, -0.15) is 0 Å². The van der Waals surface area contributed by atoms with E-state index in [1.54, 1.807) is 0 Å². The minimum Gasteiger partial charge on any atom is -0.379 e. The van der Waals surface area contributed by atoms with Gasteiger partial charge in [-0.05, 0) is 12.8 Å². The highest BCUT2D eigenvalue weighted by molar-refractivity contribution is 5.89. The first kappa shape index (κ1) is 15.0. The van der Waals surface area contributed by atoms with Crippen LogP contribution in [0.1, 0.15) is 52.9 Å². The minimum atomic E-state index is -0.219. The molecule has 0 spiro atoms. The Balaban J connectivity index is 2.11. The van der Waals surface area contributed by atoms with Crippen LogP contribution in [0, 0.1) is 10.8 Å². The molecule has 110 valence electrons. The maximum absolute atomic E-state index is 13.0. The van der Waals surface area contributed by atoms with Gasteiger partial charge in [0.2, 0.25) is 0 Å². The Kier molecular flexibility index (Phi) is 4.67. The maximum atomic E-state index is 13.0. The second-order valence-corrected chi connectivity index (χ2v) is 7.31. The molecule has 2 aliphatic rings. The van der Waals surface area contributed by atoms with E-state index in [2.05, 4.69) is 25.7 Å². The van der Waals surface area contributed by atoms with Gasteiger partial charge in [0, 0.05) is 30.5 Å². The molecule has 0 aromatic rings. The molecular weight excluding hydrogens is 238 g/mol. The second kappa shape index (κ2) is 5.92. The van der Waals surface area contributed by atoms with Crippen molar-refractivity contribution in [2.75, 3.05) is 32.8 Å².